The van der Waals surface area contributed by atoms with Crippen molar-refractivity contribution in [1.29, 1.82) is 5.41 Å². The first-order chi connectivity index (χ1) is 15.0. The summed E-state index contributed by atoms with van der Waals surface area (Å²) in [5.74, 6) is -0.871. The number of amides is 2. The molecule has 11 heteroatoms. The van der Waals surface area contributed by atoms with Crippen molar-refractivity contribution < 1.29 is 14.3 Å². The van der Waals surface area contributed by atoms with Crippen LogP contribution in [0.15, 0.2) is 30.6 Å². The van der Waals surface area contributed by atoms with Crippen LogP contribution >= 0.6 is 0 Å². The molecule has 2 aliphatic rings. The lowest BCUT2D eigenvalue weighted by molar-refractivity contribution is -0.0276. The molecule has 2 atom stereocenters. The monoisotopic (exact) mass is 424 g/mol. The van der Waals surface area contributed by atoms with Gasteiger partial charge in [0.25, 0.3) is 11.8 Å². The van der Waals surface area contributed by atoms with E-state index < -0.39 is 11.8 Å². The number of nitrogens with zero attached hydrogens (tertiary/aromatic N) is 4. The molecule has 4 heterocycles. The number of ether oxygens (including phenoxy) is 1. The number of nitrogens with one attached hydrogen (secondary N) is 4. The van der Waals surface area contributed by atoms with Crippen LogP contribution in [0.4, 0.5) is 5.69 Å². The second-order valence-corrected chi connectivity index (χ2v) is 7.31. The Morgan fingerprint density at radius 2 is 2.10 bits per heavy atom. The van der Waals surface area contributed by atoms with Crippen molar-refractivity contribution in [2.24, 2.45) is 7.05 Å². The van der Waals surface area contributed by atoms with Crippen molar-refractivity contribution in [3.63, 3.8) is 0 Å². The summed E-state index contributed by atoms with van der Waals surface area (Å²) in [4.78, 5) is 32.1. The number of carbonyl (C=O) groups is 2. The number of anilines is 1. The van der Waals surface area contributed by atoms with Crippen molar-refractivity contribution in [1.82, 2.24) is 30.3 Å². The molecular weight excluding hydrogens is 400 g/mol. The minimum absolute atomic E-state index is 0.116. The van der Waals surface area contributed by atoms with Gasteiger partial charge in [-0.2, -0.15) is 5.10 Å². The first-order valence-corrected chi connectivity index (χ1v) is 9.92. The highest BCUT2D eigenvalue weighted by atomic mass is 16.5. The van der Waals surface area contributed by atoms with Gasteiger partial charge in [0.15, 0.2) is 5.69 Å². The summed E-state index contributed by atoms with van der Waals surface area (Å²) in [5.41, 5.74) is 1.60. The van der Waals surface area contributed by atoms with Gasteiger partial charge in [-0.25, -0.2) is 4.98 Å². The van der Waals surface area contributed by atoms with Gasteiger partial charge in [0.05, 0.1) is 30.8 Å². The molecule has 0 aliphatic carbocycles. The van der Waals surface area contributed by atoms with E-state index in [1.54, 1.807) is 37.6 Å². The van der Waals surface area contributed by atoms with Crippen LogP contribution in [0.2, 0.25) is 0 Å². The Morgan fingerprint density at radius 3 is 2.94 bits per heavy atom. The van der Waals surface area contributed by atoms with Gasteiger partial charge in [0.1, 0.15) is 5.69 Å². The average molecular weight is 424 g/mol. The molecule has 4 bridgehead atoms. The predicted molar refractivity (Wildman–Crippen MR) is 114 cm³/mol. The van der Waals surface area contributed by atoms with Crippen LogP contribution in [0.25, 0.3) is 5.57 Å². The van der Waals surface area contributed by atoms with Crippen LogP contribution < -0.4 is 16.0 Å². The van der Waals surface area contributed by atoms with E-state index in [9.17, 15) is 9.59 Å². The smallest absolute Gasteiger partial charge is 0.274 e. The standard InChI is InChI=1S/C20H24N8O3/c1-27-11-17-18(26-27)20(30)23-9-14-10-28(5-6-31-14)12-22-8-13(7-21)15-3-2-4-16(24-15)19(29)25-17/h2-4,7-8,11,14,21-22H,5-6,9-10,12H2,1H3,(H,23,30)(H,25,29)/b13-8+,21-7?. The molecule has 0 aromatic carbocycles. The Balaban J connectivity index is 1.68. The molecule has 0 saturated carbocycles. The molecule has 2 aromatic rings. The summed E-state index contributed by atoms with van der Waals surface area (Å²) < 4.78 is 7.23. The van der Waals surface area contributed by atoms with Gasteiger partial charge in [-0.15, -0.1) is 0 Å². The maximum Gasteiger partial charge on any atom is 0.274 e. The summed E-state index contributed by atoms with van der Waals surface area (Å²) >= 11 is 0. The molecule has 1 saturated heterocycles. The number of fused-ring (bicyclic) bond motifs is 5. The molecule has 4 N–H and O–H groups in total. The third-order valence-corrected chi connectivity index (χ3v) is 5.01. The summed E-state index contributed by atoms with van der Waals surface area (Å²) in [5, 5.41) is 20.7. The molecule has 11 nitrogen and oxygen atoms in total. The molecule has 0 spiro atoms. The zero-order valence-electron chi connectivity index (χ0n) is 17.1. The molecule has 2 amide bonds. The fourth-order valence-electron chi connectivity index (χ4n) is 3.47. The number of aryl methyl sites for hydroxylation is 1. The molecule has 2 unspecified atom stereocenters. The van der Waals surface area contributed by atoms with Gasteiger partial charge < -0.3 is 26.1 Å². The third-order valence-electron chi connectivity index (χ3n) is 5.01. The lowest BCUT2D eigenvalue weighted by Gasteiger charge is -2.32. The highest BCUT2D eigenvalue weighted by molar-refractivity contribution is 6.09. The van der Waals surface area contributed by atoms with Crippen LogP contribution in [-0.4, -0.2) is 76.7 Å². The first kappa shape index (κ1) is 20.7. The van der Waals surface area contributed by atoms with E-state index in [0.717, 1.165) is 6.54 Å². The van der Waals surface area contributed by atoms with Gasteiger partial charge in [0.2, 0.25) is 0 Å². The van der Waals surface area contributed by atoms with Gasteiger partial charge in [-0.05, 0) is 12.1 Å². The molecule has 1 fully saturated rings. The Labute approximate surface area is 179 Å². The molecule has 4 rings (SSSR count). The zero-order valence-corrected chi connectivity index (χ0v) is 17.1. The van der Waals surface area contributed by atoms with E-state index in [1.165, 1.54) is 10.9 Å². The van der Waals surface area contributed by atoms with Crippen molar-refractivity contribution in [2.75, 3.05) is 38.2 Å². The minimum atomic E-state index is -0.476. The largest absolute Gasteiger partial charge is 0.378 e. The fraction of sp³-hybridized carbons (Fsp3) is 0.350. The normalized spacial score (nSPS) is 23.8. The van der Waals surface area contributed by atoms with Crippen LogP contribution in [0.5, 0.6) is 0 Å². The van der Waals surface area contributed by atoms with E-state index in [-0.39, 0.29) is 23.2 Å². The third kappa shape index (κ3) is 4.78. The highest BCUT2D eigenvalue weighted by Crippen LogP contribution is 2.16. The second kappa shape index (κ2) is 9.06. The van der Waals surface area contributed by atoms with E-state index in [0.29, 0.717) is 37.6 Å². The number of morpholine rings is 1. The van der Waals surface area contributed by atoms with Crippen LogP contribution in [-0.2, 0) is 11.8 Å². The lowest BCUT2D eigenvalue weighted by atomic mass is 10.2. The van der Waals surface area contributed by atoms with E-state index in [1.807, 2.05) is 0 Å². The number of carbonyl (C=O) groups excluding carboxylic acids is 2. The topological polar surface area (TPSA) is 137 Å². The van der Waals surface area contributed by atoms with Gasteiger partial charge in [-0.3, -0.25) is 19.2 Å². The molecule has 2 aliphatic heterocycles. The van der Waals surface area contributed by atoms with Crippen molar-refractivity contribution >= 4 is 29.3 Å². The summed E-state index contributed by atoms with van der Waals surface area (Å²) in [6.45, 7) is 2.82. The van der Waals surface area contributed by atoms with Gasteiger partial charge >= 0.3 is 0 Å². The Bertz CT molecular complexity index is 1030. The van der Waals surface area contributed by atoms with Crippen LogP contribution in [0.3, 0.4) is 0 Å². The maximum atomic E-state index is 12.8. The van der Waals surface area contributed by atoms with Crippen molar-refractivity contribution in [2.45, 2.75) is 6.10 Å². The van der Waals surface area contributed by atoms with E-state index in [4.69, 9.17) is 10.1 Å². The molecular formula is C20H24N8O3. The zero-order chi connectivity index (χ0) is 21.8. The number of allylic oxidation sites excluding steroid dienone is 1. The summed E-state index contributed by atoms with van der Waals surface area (Å²) in [6, 6.07) is 5.01. The number of pyridine rings is 1. The Hall–Kier alpha value is -3.57. The summed E-state index contributed by atoms with van der Waals surface area (Å²) in [6.07, 6.45) is 4.30. The van der Waals surface area contributed by atoms with Gasteiger partial charge in [0, 0.05) is 50.9 Å². The quantitative estimate of drug-likeness (QED) is 0.475. The number of rotatable bonds is 1. The molecule has 2 aromatic heterocycles. The van der Waals surface area contributed by atoms with Crippen molar-refractivity contribution in [3.8, 4) is 0 Å². The Morgan fingerprint density at radius 1 is 1.26 bits per heavy atom. The SMILES string of the molecule is Cn1cc2c(n1)C(=O)NCC1CN(CCO1)CN/C=C(\C=N)c1cccc(n1)C(=O)N2. The highest BCUT2D eigenvalue weighted by Gasteiger charge is 2.24. The molecule has 31 heavy (non-hydrogen) atoms. The predicted octanol–water partition coefficient (Wildman–Crippen LogP) is 0.0492. The number of hydrogen-bond acceptors (Lipinski definition) is 8. The van der Waals surface area contributed by atoms with Crippen LogP contribution in [0, 0.1) is 5.41 Å². The summed E-state index contributed by atoms with van der Waals surface area (Å²) in [7, 11) is 1.67. The molecule has 162 valence electrons. The average Bonchev–Trinajstić information content (AvgIpc) is 3.15. The first-order valence-electron chi connectivity index (χ1n) is 9.92. The maximum absolute atomic E-state index is 12.8. The second-order valence-electron chi connectivity index (χ2n) is 7.31. The lowest BCUT2D eigenvalue weighted by Crippen LogP contribution is -2.49. The minimum Gasteiger partial charge on any atom is -0.378 e. The number of aromatic nitrogens is 3. The van der Waals surface area contributed by atoms with E-state index >= 15 is 0 Å². The fourth-order valence-corrected chi connectivity index (χ4v) is 3.47. The van der Waals surface area contributed by atoms with Gasteiger partial charge in [-0.1, -0.05) is 6.07 Å². The Kier molecular flexibility index (Phi) is 6.05. The number of hydrogen-bond donors (Lipinski definition) is 4. The van der Waals surface area contributed by atoms with E-state index in [2.05, 4.69) is 30.9 Å². The van der Waals surface area contributed by atoms with Crippen molar-refractivity contribution in [3.05, 3.63) is 47.7 Å². The van der Waals surface area contributed by atoms with Crippen LogP contribution in [0.1, 0.15) is 26.7 Å². The molecule has 0 radical (unpaired) electrons.